The fourth-order valence-electron chi connectivity index (χ4n) is 0.810. The van der Waals surface area contributed by atoms with E-state index < -0.39 is 0 Å². The maximum atomic E-state index is 5.08. The summed E-state index contributed by atoms with van der Waals surface area (Å²) < 4.78 is 11.2. The van der Waals surface area contributed by atoms with Crippen molar-refractivity contribution in [1.29, 1.82) is 0 Å². The van der Waals surface area contributed by atoms with Crippen LogP contribution in [0, 0.1) is 0 Å². The summed E-state index contributed by atoms with van der Waals surface area (Å²) in [5.41, 5.74) is 1.04. The maximum absolute atomic E-state index is 5.08. The van der Waals surface area contributed by atoms with Gasteiger partial charge in [0.15, 0.2) is 6.29 Å². The lowest BCUT2D eigenvalue weighted by molar-refractivity contribution is -0.106. The van der Waals surface area contributed by atoms with Gasteiger partial charge >= 0.3 is 0 Å². The number of rotatable bonds is 3. The molecule has 0 radical (unpaired) electrons. The van der Waals surface area contributed by atoms with Crippen LogP contribution in [0.15, 0.2) is 15.2 Å². The van der Waals surface area contributed by atoms with Crippen LogP contribution >= 0.6 is 27.3 Å². The number of hydrogen-bond donors (Lipinski definition) is 0. The lowest BCUT2D eigenvalue weighted by Crippen LogP contribution is -2.02. The Labute approximate surface area is 78.3 Å². The summed E-state index contributed by atoms with van der Waals surface area (Å²) in [5.74, 6) is 0. The van der Waals surface area contributed by atoms with Crippen molar-refractivity contribution in [3.63, 3.8) is 0 Å². The topological polar surface area (TPSA) is 18.5 Å². The Morgan fingerprint density at radius 2 is 2.00 bits per heavy atom. The van der Waals surface area contributed by atoms with E-state index in [0.717, 1.165) is 10.0 Å². The third-order valence-corrected chi connectivity index (χ3v) is 3.08. The standard InChI is InChI=1S/C7H9BrO2S/c1-9-7(10-2)5-3-11-4-6(5)8/h3-4,7H,1-2H3. The van der Waals surface area contributed by atoms with Crippen molar-refractivity contribution < 1.29 is 9.47 Å². The van der Waals surface area contributed by atoms with E-state index >= 15 is 0 Å². The fourth-order valence-corrected chi connectivity index (χ4v) is 2.29. The molecular weight excluding hydrogens is 228 g/mol. The normalized spacial score (nSPS) is 10.9. The first-order valence-corrected chi connectivity index (χ1v) is 4.80. The first-order chi connectivity index (χ1) is 5.29. The molecule has 0 aliphatic carbocycles. The number of ether oxygens (including phenoxy) is 2. The first-order valence-electron chi connectivity index (χ1n) is 3.06. The van der Waals surface area contributed by atoms with Gasteiger partial charge in [-0.2, -0.15) is 11.3 Å². The molecule has 0 aliphatic rings. The van der Waals surface area contributed by atoms with E-state index in [1.807, 2.05) is 10.8 Å². The molecule has 1 aromatic rings. The highest BCUT2D eigenvalue weighted by Crippen LogP contribution is 2.29. The average molecular weight is 237 g/mol. The predicted octanol–water partition coefficient (Wildman–Crippen LogP) is 2.80. The molecule has 1 aromatic heterocycles. The quantitative estimate of drug-likeness (QED) is 0.752. The molecule has 62 valence electrons. The molecular formula is C7H9BrO2S. The van der Waals surface area contributed by atoms with Crippen molar-refractivity contribution in [3.05, 3.63) is 20.8 Å². The summed E-state index contributed by atoms with van der Waals surface area (Å²) in [5, 5.41) is 4.00. The first kappa shape index (κ1) is 9.19. The number of hydrogen-bond acceptors (Lipinski definition) is 3. The highest BCUT2D eigenvalue weighted by molar-refractivity contribution is 9.10. The molecule has 0 saturated heterocycles. The van der Waals surface area contributed by atoms with Gasteiger partial charge in [-0.05, 0) is 15.9 Å². The predicted molar refractivity (Wildman–Crippen MR) is 48.8 cm³/mol. The number of methoxy groups -OCH3 is 2. The Morgan fingerprint density at radius 1 is 1.36 bits per heavy atom. The zero-order valence-corrected chi connectivity index (χ0v) is 8.74. The minimum absolute atomic E-state index is 0.254. The molecule has 0 saturated carbocycles. The third kappa shape index (κ3) is 2.02. The van der Waals surface area contributed by atoms with E-state index in [1.54, 1.807) is 25.6 Å². The van der Waals surface area contributed by atoms with Crippen LogP contribution in [-0.2, 0) is 9.47 Å². The molecule has 0 N–H and O–H groups in total. The molecule has 0 aliphatic heterocycles. The van der Waals surface area contributed by atoms with Crippen LogP contribution in [0.4, 0.5) is 0 Å². The SMILES string of the molecule is COC(OC)c1cscc1Br. The van der Waals surface area contributed by atoms with E-state index in [1.165, 1.54) is 0 Å². The third-order valence-electron chi connectivity index (χ3n) is 1.32. The Morgan fingerprint density at radius 3 is 2.36 bits per heavy atom. The van der Waals surface area contributed by atoms with Gasteiger partial charge in [0.1, 0.15) is 0 Å². The van der Waals surface area contributed by atoms with Gasteiger partial charge in [-0.15, -0.1) is 0 Å². The molecule has 11 heavy (non-hydrogen) atoms. The summed E-state index contributed by atoms with van der Waals surface area (Å²) in [4.78, 5) is 0. The second kappa shape index (κ2) is 4.21. The maximum Gasteiger partial charge on any atom is 0.185 e. The van der Waals surface area contributed by atoms with Gasteiger partial charge in [0.25, 0.3) is 0 Å². The lowest BCUT2D eigenvalue weighted by atomic mass is 10.3. The van der Waals surface area contributed by atoms with Crippen molar-refractivity contribution in [2.75, 3.05) is 14.2 Å². The molecule has 2 nitrogen and oxygen atoms in total. The average Bonchev–Trinajstić information content (AvgIpc) is 2.40. The summed E-state index contributed by atoms with van der Waals surface area (Å²) in [6.45, 7) is 0. The molecule has 0 spiro atoms. The Kier molecular flexibility index (Phi) is 3.51. The summed E-state index contributed by atoms with van der Waals surface area (Å²) >= 11 is 5.02. The van der Waals surface area contributed by atoms with E-state index in [9.17, 15) is 0 Å². The molecule has 4 heteroatoms. The van der Waals surface area contributed by atoms with E-state index in [2.05, 4.69) is 15.9 Å². The molecule has 0 amide bonds. The summed E-state index contributed by atoms with van der Waals surface area (Å²) in [7, 11) is 3.25. The monoisotopic (exact) mass is 236 g/mol. The van der Waals surface area contributed by atoms with Crippen molar-refractivity contribution in [1.82, 2.24) is 0 Å². The van der Waals surface area contributed by atoms with Crippen LogP contribution in [0.3, 0.4) is 0 Å². The van der Waals surface area contributed by atoms with E-state index in [0.29, 0.717) is 0 Å². The van der Waals surface area contributed by atoms with Crippen molar-refractivity contribution in [2.45, 2.75) is 6.29 Å². The molecule has 1 heterocycles. The smallest absolute Gasteiger partial charge is 0.185 e. The van der Waals surface area contributed by atoms with Crippen LogP contribution in [-0.4, -0.2) is 14.2 Å². The number of halogens is 1. The lowest BCUT2D eigenvalue weighted by Gasteiger charge is -2.11. The molecule has 0 bridgehead atoms. The largest absolute Gasteiger partial charge is 0.352 e. The number of thiophene rings is 1. The Hall–Kier alpha value is 0.100. The van der Waals surface area contributed by atoms with Crippen LogP contribution in [0.1, 0.15) is 11.9 Å². The van der Waals surface area contributed by atoms with Gasteiger partial charge in [0, 0.05) is 35.0 Å². The van der Waals surface area contributed by atoms with Crippen molar-refractivity contribution >= 4 is 27.3 Å². The molecule has 0 aromatic carbocycles. The van der Waals surface area contributed by atoms with E-state index in [-0.39, 0.29) is 6.29 Å². The second-order valence-corrected chi connectivity index (χ2v) is 3.58. The minimum Gasteiger partial charge on any atom is -0.352 e. The zero-order chi connectivity index (χ0) is 8.27. The fraction of sp³-hybridized carbons (Fsp3) is 0.429. The van der Waals surface area contributed by atoms with Gasteiger partial charge < -0.3 is 9.47 Å². The highest BCUT2D eigenvalue weighted by atomic mass is 79.9. The highest BCUT2D eigenvalue weighted by Gasteiger charge is 2.12. The van der Waals surface area contributed by atoms with Crippen molar-refractivity contribution in [2.24, 2.45) is 0 Å². The van der Waals surface area contributed by atoms with Gasteiger partial charge in [-0.25, -0.2) is 0 Å². The summed E-state index contributed by atoms with van der Waals surface area (Å²) in [6.07, 6.45) is -0.254. The van der Waals surface area contributed by atoms with Crippen LogP contribution in [0.5, 0.6) is 0 Å². The van der Waals surface area contributed by atoms with Crippen LogP contribution < -0.4 is 0 Å². The van der Waals surface area contributed by atoms with Crippen LogP contribution in [0.25, 0.3) is 0 Å². The van der Waals surface area contributed by atoms with E-state index in [4.69, 9.17) is 9.47 Å². The van der Waals surface area contributed by atoms with Gasteiger partial charge in [0.2, 0.25) is 0 Å². The Bertz CT molecular complexity index is 220. The minimum atomic E-state index is -0.254. The van der Waals surface area contributed by atoms with Gasteiger partial charge in [-0.3, -0.25) is 0 Å². The second-order valence-electron chi connectivity index (χ2n) is 1.98. The van der Waals surface area contributed by atoms with Crippen molar-refractivity contribution in [3.8, 4) is 0 Å². The summed E-state index contributed by atoms with van der Waals surface area (Å²) in [6, 6.07) is 0. The molecule has 0 atom stereocenters. The molecule has 0 unspecified atom stereocenters. The van der Waals surface area contributed by atoms with Gasteiger partial charge in [-0.1, -0.05) is 0 Å². The zero-order valence-electron chi connectivity index (χ0n) is 6.33. The van der Waals surface area contributed by atoms with Crippen LogP contribution in [0.2, 0.25) is 0 Å². The molecule has 1 rings (SSSR count). The molecule has 0 fully saturated rings. The van der Waals surface area contributed by atoms with Gasteiger partial charge in [0.05, 0.1) is 0 Å². The Balaban J connectivity index is 2.81.